The number of pyridine rings is 1. The van der Waals surface area contributed by atoms with E-state index in [0.29, 0.717) is 19.8 Å². The molecule has 0 radical (unpaired) electrons. The van der Waals surface area contributed by atoms with Crippen LogP contribution in [0.15, 0.2) is 36.8 Å². The average Bonchev–Trinajstić information content (AvgIpc) is 3.10. The van der Waals surface area contributed by atoms with E-state index in [1.165, 1.54) is 0 Å². The maximum absolute atomic E-state index is 5.78. The van der Waals surface area contributed by atoms with Crippen LogP contribution in [0.25, 0.3) is 0 Å². The van der Waals surface area contributed by atoms with E-state index < -0.39 is 0 Å². The van der Waals surface area contributed by atoms with Crippen molar-refractivity contribution >= 4 is 11.6 Å². The molecular weight excluding hydrogens is 306 g/mol. The number of piperidine rings is 1. The first kappa shape index (κ1) is 15.3. The lowest BCUT2D eigenvalue weighted by atomic mass is 10.0. The summed E-state index contributed by atoms with van der Waals surface area (Å²) in [4.78, 5) is 15.3. The molecule has 2 fully saturated rings. The third kappa shape index (κ3) is 3.32. The minimum atomic E-state index is -0.358. The predicted molar refractivity (Wildman–Crippen MR) is 89.7 cm³/mol. The molecule has 4 rings (SSSR count). The summed E-state index contributed by atoms with van der Waals surface area (Å²) in [5.41, 5.74) is 0.980. The lowest BCUT2D eigenvalue weighted by Gasteiger charge is -2.38. The summed E-state index contributed by atoms with van der Waals surface area (Å²) >= 11 is 0. The quantitative estimate of drug-likeness (QED) is 0.918. The van der Waals surface area contributed by atoms with Crippen molar-refractivity contribution in [2.24, 2.45) is 0 Å². The molecule has 0 atom stereocenters. The van der Waals surface area contributed by atoms with Crippen molar-refractivity contribution in [3.8, 4) is 0 Å². The summed E-state index contributed by atoms with van der Waals surface area (Å²) in [7, 11) is 0. The Balaban J connectivity index is 1.38. The van der Waals surface area contributed by atoms with Gasteiger partial charge in [-0.15, -0.1) is 0 Å². The fourth-order valence-electron chi connectivity index (χ4n) is 3.16. The van der Waals surface area contributed by atoms with E-state index in [1.54, 1.807) is 12.5 Å². The minimum Gasteiger partial charge on any atom is -0.364 e. The van der Waals surface area contributed by atoms with Gasteiger partial charge in [-0.1, -0.05) is 6.07 Å². The topological polar surface area (TPSA) is 72.4 Å². The van der Waals surface area contributed by atoms with Crippen LogP contribution in [0.4, 0.5) is 11.6 Å². The van der Waals surface area contributed by atoms with Crippen LogP contribution < -0.4 is 10.2 Å². The second-order valence-electron chi connectivity index (χ2n) is 6.03. The standard InChI is InChI=1S/C17H21N5O2/c1-2-6-18-14(3-1)12-19-15-11-16(21-13-20-15)22-7-4-17(5-8-22)23-9-10-24-17/h1-3,6,11,13H,4-5,7-10,12H2,(H,19,20,21). The highest BCUT2D eigenvalue weighted by Crippen LogP contribution is 2.32. The summed E-state index contributed by atoms with van der Waals surface area (Å²) in [6.45, 7) is 3.79. The van der Waals surface area contributed by atoms with Crippen molar-refractivity contribution in [2.45, 2.75) is 25.2 Å². The number of anilines is 2. The monoisotopic (exact) mass is 327 g/mol. The third-order valence-corrected chi connectivity index (χ3v) is 4.49. The summed E-state index contributed by atoms with van der Waals surface area (Å²) < 4.78 is 11.6. The van der Waals surface area contributed by atoms with E-state index in [4.69, 9.17) is 9.47 Å². The zero-order valence-corrected chi connectivity index (χ0v) is 13.5. The van der Waals surface area contributed by atoms with E-state index in [0.717, 1.165) is 43.3 Å². The Morgan fingerprint density at radius 3 is 2.67 bits per heavy atom. The highest BCUT2D eigenvalue weighted by molar-refractivity contribution is 5.48. The van der Waals surface area contributed by atoms with E-state index in [-0.39, 0.29) is 5.79 Å². The summed E-state index contributed by atoms with van der Waals surface area (Å²) in [6.07, 6.45) is 5.13. The molecule has 0 saturated carbocycles. The molecule has 0 bridgehead atoms. The van der Waals surface area contributed by atoms with Crippen molar-refractivity contribution < 1.29 is 9.47 Å². The molecule has 0 aliphatic carbocycles. The molecule has 7 nitrogen and oxygen atoms in total. The molecule has 2 saturated heterocycles. The van der Waals surface area contributed by atoms with Crippen LogP contribution >= 0.6 is 0 Å². The van der Waals surface area contributed by atoms with Gasteiger partial charge in [0.1, 0.15) is 18.0 Å². The van der Waals surface area contributed by atoms with Crippen LogP contribution in [0.2, 0.25) is 0 Å². The highest BCUT2D eigenvalue weighted by Gasteiger charge is 2.40. The van der Waals surface area contributed by atoms with Gasteiger partial charge in [-0.05, 0) is 12.1 Å². The Morgan fingerprint density at radius 1 is 1.08 bits per heavy atom. The smallest absolute Gasteiger partial charge is 0.171 e. The maximum atomic E-state index is 5.78. The zero-order valence-electron chi connectivity index (χ0n) is 13.5. The van der Waals surface area contributed by atoms with Crippen LogP contribution in [0.5, 0.6) is 0 Å². The van der Waals surface area contributed by atoms with E-state index in [2.05, 4.69) is 25.2 Å². The Hall–Kier alpha value is -2.25. The van der Waals surface area contributed by atoms with Gasteiger partial charge in [0, 0.05) is 38.2 Å². The Labute approximate surface area is 141 Å². The second-order valence-corrected chi connectivity index (χ2v) is 6.03. The number of nitrogens with one attached hydrogen (secondary N) is 1. The third-order valence-electron chi connectivity index (χ3n) is 4.49. The van der Waals surface area contributed by atoms with Crippen LogP contribution in [-0.2, 0) is 16.0 Å². The highest BCUT2D eigenvalue weighted by atomic mass is 16.7. The number of hydrogen-bond donors (Lipinski definition) is 1. The van der Waals surface area contributed by atoms with Crippen molar-refractivity contribution in [3.63, 3.8) is 0 Å². The number of hydrogen-bond acceptors (Lipinski definition) is 7. The van der Waals surface area contributed by atoms with Gasteiger partial charge in [-0.3, -0.25) is 4.98 Å². The molecule has 2 aliphatic heterocycles. The van der Waals surface area contributed by atoms with Crippen LogP contribution in [0, 0.1) is 0 Å². The van der Waals surface area contributed by atoms with Crippen molar-refractivity contribution in [1.82, 2.24) is 15.0 Å². The van der Waals surface area contributed by atoms with Gasteiger partial charge < -0.3 is 19.7 Å². The number of aromatic nitrogens is 3. The first-order valence-electron chi connectivity index (χ1n) is 8.32. The fraction of sp³-hybridized carbons (Fsp3) is 0.471. The van der Waals surface area contributed by atoms with E-state index >= 15 is 0 Å². The summed E-state index contributed by atoms with van der Waals surface area (Å²) in [6, 6.07) is 7.86. The molecule has 0 unspecified atom stereocenters. The molecule has 0 aromatic carbocycles. The number of ether oxygens (including phenoxy) is 2. The van der Waals surface area contributed by atoms with Gasteiger partial charge >= 0.3 is 0 Å². The maximum Gasteiger partial charge on any atom is 0.171 e. The Morgan fingerprint density at radius 2 is 1.92 bits per heavy atom. The van der Waals surface area contributed by atoms with Crippen molar-refractivity contribution in [1.29, 1.82) is 0 Å². The summed E-state index contributed by atoms with van der Waals surface area (Å²) in [5.74, 6) is 1.38. The first-order chi connectivity index (χ1) is 11.8. The molecule has 1 spiro atoms. The van der Waals surface area contributed by atoms with Crippen LogP contribution in [0.1, 0.15) is 18.5 Å². The molecule has 7 heteroatoms. The molecular formula is C17H21N5O2. The largest absolute Gasteiger partial charge is 0.364 e. The lowest BCUT2D eigenvalue weighted by molar-refractivity contribution is -0.169. The van der Waals surface area contributed by atoms with E-state index in [1.807, 2.05) is 24.3 Å². The molecule has 126 valence electrons. The molecule has 24 heavy (non-hydrogen) atoms. The van der Waals surface area contributed by atoms with Crippen LogP contribution in [-0.4, -0.2) is 47.0 Å². The second kappa shape index (κ2) is 6.70. The SMILES string of the molecule is c1ccc(CNc2cc(N3CCC4(CC3)OCCO4)ncn2)nc1. The van der Waals surface area contributed by atoms with Crippen LogP contribution in [0.3, 0.4) is 0 Å². The zero-order chi connectivity index (χ0) is 16.2. The van der Waals surface area contributed by atoms with Gasteiger partial charge in [-0.2, -0.15) is 0 Å². The molecule has 2 aromatic heterocycles. The van der Waals surface area contributed by atoms with Gasteiger partial charge in [0.2, 0.25) is 0 Å². The average molecular weight is 327 g/mol. The predicted octanol–water partition coefficient (Wildman–Crippen LogP) is 1.83. The van der Waals surface area contributed by atoms with Gasteiger partial charge in [0.05, 0.1) is 25.5 Å². The number of rotatable bonds is 4. The van der Waals surface area contributed by atoms with Gasteiger partial charge in [-0.25, -0.2) is 9.97 Å². The minimum absolute atomic E-state index is 0.358. The fourth-order valence-corrected chi connectivity index (χ4v) is 3.16. The lowest BCUT2D eigenvalue weighted by Crippen LogP contribution is -2.45. The van der Waals surface area contributed by atoms with Gasteiger partial charge in [0.25, 0.3) is 0 Å². The molecule has 0 amide bonds. The normalized spacial score (nSPS) is 19.6. The Bertz CT molecular complexity index is 666. The van der Waals surface area contributed by atoms with Crippen molar-refractivity contribution in [2.75, 3.05) is 36.5 Å². The number of nitrogens with zero attached hydrogens (tertiary/aromatic N) is 4. The first-order valence-corrected chi connectivity index (χ1v) is 8.32. The Kier molecular flexibility index (Phi) is 4.27. The van der Waals surface area contributed by atoms with Gasteiger partial charge in [0.15, 0.2) is 5.79 Å². The summed E-state index contributed by atoms with van der Waals surface area (Å²) in [5, 5.41) is 3.30. The van der Waals surface area contributed by atoms with E-state index in [9.17, 15) is 0 Å². The molecule has 4 heterocycles. The molecule has 2 aliphatic rings. The van der Waals surface area contributed by atoms with Crippen molar-refractivity contribution in [3.05, 3.63) is 42.5 Å². The molecule has 1 N–H and O–H groups in total. The molecule has 2 aromatic rings.